The molecule has 0 N–H and O–H groups in total. The molecule has 1 aliphatic carbocycles. The Labute approximate surface area is 154 Å². The molecule has 0 radical (unpaired) electrons. The number of nitriles is 1. The number of anilines is 2. The van der Waals surface area contributed by atoms with Gasteiger partial charge in [-0.15, -0.1) is 0 Å². The Hall–Kier alpha value is -2.81. The van der Waals surface area contributed by atoms with Gasteiger partial charge in [-0.1, -0.05) is 12.1 Å². The zero-order chi connectivity index (χ0) is 17.9. The monoisotopic (exact) mass is 349 g/mol. The number of para-hydroxylation sites is 1. The van der Waals surface area contributed by atoms with Crippen molar-refractivity contribution in [2.45, 2.75) is 37.8 Å². The van der Waals surface area contributed by atoms with Gasteiger partial charge in [0.1, 0.15) is 18.2 Å². The van der Waals surface area contributed by atoms with Crippen molar-refractivity contribution in [2.75, 3.05) is 30.0 Å². The van der Waals surface area contributed by atoms with E-state index >= 15 is 0 Å². The average Bonchev–Trinajstić information content (AvgIpc) is 3.54. The van der Waals surface area contributed by atoms with Crippen LogP contribution in [0.25, 0.3) is 0 Å². The van der Waals surface area contributed by atoms with Crippen LogP contribution < -0.4 is 14.5 Å². The molecule has 2 aromatic rings. The minimum Gasteiger partial charge on any atom is -0.481 e. The Morgan fingerprint density at radius 3 is 2.54 bits per heavy atom. The first-order valence-electron chi connectivity index (χ1n) is 9.18. The van der Waals surface area contributed by atoms with Crippen LogP contribution in [-0.2, 0) is 0 Å². The second-order valence-electron chi connectivity index (χ2n) is 6.90. The minimum atomic E-state index is 0.465. The molecule has 0 amide bonds. The fraction of sp³-hybridized carbons (Fsp3) is 0.450. The Balaban J connectivity index is 1.50. The molecule has 0 unspecified atom stereocenters. The van der Waals surface area contributed by atoms with Crippen LogP contribution in [0.4, 0.5) is 11.5 Å². The molecular weight excluding hydrogens is 326 g/mol. The summed E-state index contributed by atoms with van der Waals surface area (Å²) in [6.07, 6.45) is 6.15. The number of hydrogen-bond acceptors (Lipinski definition) is 6. The Kier molecular flexibility index (Phi) is 4.61. The molecule has 2 aliphatic rings. The number of piperidine rings is 1. The third-order valence-corrected chi connectivity index (χ3v) is 5.26. The summed E-state index contributed by atoms with van der Waals surface area (Å²) in [5.41, 5.74) is 1.81. The van der Waals surface area contributed by atoms with Crippen LogP contribution in [0.5, 0.6) is 5.88 Å². The van der Waals surface area contributed by atoms with Gasteiger partial charge < -0.3 is 14.5 Å². The summed E-state index contributed by atoms with van der Waals surface area (Å²) in [7, 11) is 1.64. The molecular formula is C20H23N5O. The molecule has 1 saturated heterocycles. The van der Waals surface area contributed by atoms with Gasteiger partial charge in [0.15, 0.2) is 0 Å². The standard InChI is InChI=1S/C20H23N5O/c1-26-20-12-19(22-14-23-20)25(16-6-7-16)17-8-10-24(11-9-17)18-5-3-2-4-15(18)13-21/h2-5,12,14,16-17H,6-11H2,1H3. The van der Waals surface area contributed by atoms with Gasteiger partial charge >= 0.3 is 0 Å². The zero-order valence-electron chi connectivity index (χ0n) is 15.0. The van der Waals surface area contributed by atoms with E-state index in [2.05, 4.69) is 25.8 Å². The number of hydrogen-bond donors (Lipinski definition) is 0. The highest BCUT2D eigenvalue weighted by Gasteiger charge is 2.36. The van der Waals surface area contributed by atoms with E-state index in [1.807, 2.05) is 30.3 Å². The van der Waals surface area contributed by atoms with Crippen LogP contribution in [0, 0.1) is 11.3 Å². The summed E-state index contributed by atoms with van der Waals surface area (Å²) >= 11 is 0. The Bertz CT molecular complexity index is 806. The topological polar surface area (TPSA) is 65.3 Å². The highest BCUT2D eigenvalue weighted by molar-refractivity contribution is 5.59. The van der Waals surface area contributed by atoms with E-state index in [1.54, 1.807) is 13.4 Å². The molecule has 0 bridgehead atoms. The fourth-order valence-corrected chi connectivity index (χ4v) is 3.84. The largest absolute Gasteiger partial charge is 0.481 e. The molecule has 2 fully saturated rings. The molecule has 26 heavy (non-hydrogen) atoms. The van der Waals surface area contributed by atoms with Crippen LogP contribution >= 0.6 is 0 Å². The van der Waals surface area contributed by atoms with E-state index in [-0.39, 0.29) is 0 Å². The van der Waals surface area contributed by atoms with Crippen LogP contribution in [0.1, 0.15) is 31.2 Å². The van der Waals surface area contributed by atoms with Gasteiger partial charge in [-0.25, -0.2) is 9.97 Å². The smallest absolute Gasteiger partial charge is 0.218 e. The third-order valence-electron chi connectivity index (χ3n) is 5.26. The predicted octanol–water partition coefficient (Wildman–Crippen LogP) is 2.99. The molecule has 4 rings (SSSR count). The molecule has 134 valence electrons. The van der Waals surface area contributed by atoms with Gasteiger partial charge in [-0.3, -0.25) is 0 Å². The minimum absolute atomic E-state index is 0.465. The maximum atomic E-state index is 9.36. The number of nitrogens with zero attached hydrogens (tertiary/aromatic N) is 5. The molecule has 1 aliphatic heterocycles. The average molecular weight is 349 g/mol. The lowest BCUT2D eigenvalue weighted by molar-refractivity contribution is 0.395. The summed E-state index contributed by atoms with van der Waals surface area (Å²) in [4.78, 5) is 13.4. The van der Waals surface area contributed by atoms with Crippen molar-refractivity contribution in [1.82, 2.24) is 9.97 Å². The molecule has 6 nitrogen and oxygen atoms in total. The Morgan fingerprint density at radius 1 is 1.12 bits per heavy atom. The second kappa shape index (κ2) is 7.20. The molecule has 1 aromatic heterocycles. The van der Waals surface area contributed by atoms with Gasteiger partial charge in [0.05, 0.1) is 18.4 Å². The maximum Gasteiger partial charge on any atom is 0.218 e. The normalized spacial score (nSPS) is 17.6. The third kappa shape index (κ3) is 3.30. The first-order chi connectivity index (χ1) is 12.8. The van der Waals surface area contributed by atoms with E-state index < -0.39 is 0 Å². The predicted molar refractivity (Wildman–Crippen MR) is 100 cm³/mol. The van der Waals surface area contributed by atoms with Crippen molar-refractivity contribution < 1.29 is 4.74 Å². The van der Waals surface area contributed by atoms with Crippen molar-refractivity contribution in [1.29, 1.82) is 5.26 Å². The number of ether oxygens (including phenoxy) is 1. The van der Waals surface area contributed by atoms with Crippen molar-refractivity contribution >= 4 is 11.5 Å². The second-order valence-corrected chi connectivity index (χ2v) is 6.90. The highest BCUT2D eigenvalue weighted by atomic mass is 16.5. The summed E-state index contributed by atoms with van der Waals surface area (Å²) in [5, 5.41) is 9.36. The molecule has 1 aromatic carbocycles. The number of methoxy groups -OCH3 is 1. The number of rotatable bonds is 5. The quantitative estimate of drug-likeness (QED) is 0.827. The first kappa shape index (κ1) is 16.6. The lowest BCUT2D eigenvalue weighted by Crippen LogP contribution is -2.46. The number of aromatic nitrogens is 2. The zero-order valence-corrected chi connectivity index (χ0v) is 15.0. The van der Waals surface area contributed by atoms with Crippen molar-refractivity contribution in [2.24, 2.45) is 0 Å². The van der Waals surface area contributed by atoms with Crippen LogP contribution in [0.15, 0.2) is 36.7 Å². The van der Waals surface area contributed by atoms with Gasteiger partial charge in [0.2, 0.25) is 5.88 Å². The van der Waals surface area contributed by atoms with Gasteiger partial charge in [0, 0.05) is 31.2 Å². The van der Waals surface area contributed by atoms with Crippen LogP contribution in [0.2, 0.25) is 0 Å². The lowest BCUT2D eigenvalue weighted by Gasteiger charge is -2.40. The van der Waals surface area contributed by atoms with Crippen LogP contribution in [0.3, 0.4) is 0 Å². The van der Waals surface area contributed by atoms with Crippen molar-refractivity contribution in [3.8, 4) is 11.9 Å². The maximum absolute atomic E-state index is 9.36. The molecule has 6 heteroatoms. The van der Waals surface area contributed by atoms with E-state index in [9.17, 15) is 5.26 Å². The summed E-state index contributed by atoms with van der Waals surface area (Å²) < 4.78 is 5.28. The van der Waals surface area contributed by atoms with E-state index in [0.29, 0.717) is 18.0 Å². The fourth-order valence-electron chi connectivity index (χ4n) is 3.84. The summed E-state index contributed by atoms with van der Waals surface area (Å²) in [6.45, 7) is 1.91. The molecule has 2 heterocycles. The SMILES string of the molecule is COc1cc(N(C2CC2)C2CCN(c3ccccc3C#N)CC2)ncn1. The lowest BCUT2D eigenvalue weighted by atomic mass is 10.0. The van der Waals surface area contributed by atoms with E-state index in [4.69, 9.17) is 4.74 Å². The van der Waals surface area contributed by atoms with Crippen molar-refractivity contribution in [3.63, 3.8) is 0 Å². The summed E-state index contributed by atoms with van der Waals surface area (Å²) in [5.74, 6) is 1.58. The van der Waals surface area contributed by atoms with Gasteiger partial charge in [-0.2, -0.15) is 5.26 Å². The summed E-state index contributed by atoms with van der Waals surface area (Å²) in [6, 6.07) is 13.2. The Morgan fingerprint density at radius 2 is 1.85 bits per heavy atom. The molecule has 0 spiro atoms. The van der Waals surface area contributed by atoms with Gasteiger partial charge in [-0.05, 0) is 37.8 Å². The van der Waals surface area contributed by atoms with E-state index in [0.717, 1.165) is 43.0 Å². The van der Waals surface area contributed by atoms with Gasteiger partial charge in [0.25, 0.3) is 0 Å². The first-order valence-corrected chi connectivity index (χ1v) is 9.18. The van der Waals surface area contributed by atoms with Crippen LogP contribution in [-0.4, -0.2) is 42.3 Å². The number of benzene rings is 1. The molecule has 1 saturated carbocycles. The molecule has 0 atom stereocenters. The van der Waals surface area contributed by atoms with E-state index in [1.165, 1.54) is 12.8 Å². The highest BCUT2D eigenvalue weighted by Crippen LogP contribution is 2.36. The van der Waals surface area contributed by atoms with Crippen molar-refractivity contribution in [3.05, 3.63) is 42.2 Å².